The van der Waals surface area contributed by atoms with E-state index in [1.807, 2.05) is 12.1 Å². The van der Waals surface area contributed by atoms with E-state index in [2.05, 4.69) is 10.1 Å². The van der Waals surface area contributed by atoms with Crippen molar-refractivity contribution in [3.8, 4) is 0 Å². The molecule has 66 valence electrons. The fourth-order valence-electron chi connectivity index (χ4n) is 0.853. The predicted octanol–water partition coefficient (Wildman–Crippen LogP) is 1.59. The van der Waals surface area contributed by atoms with E-state index in [-0.39, 0.29) is 12.3 Å². The molecule has 3 nitrogen and oxygen atoms in total. The standard InChI is InChI=1S/C7H10FN3S/c8-12-11-7-3-1-6(2-4-7)5-10-9/h1-4,10-11H,5,9H2. The normalized spacial score (nSPS) is 9.83. The average molecular weight is 187 g/mol. The Balaban J connectivity index is 2.58. The van der Waals surface area contributed by atoms with Crippen LogP contribution in [0.25, 0.3) is 0 Å². The van der Waals surface area contributed by atoms with Gasteiger partial charge in [-0.15, -0.1) is 3.89 Å². The Bertz CT molecular complexity index is 202. The van der Waals surface area contributed by atoms with Crippen molar-refractivity contribution in [3.63, 3.8) is 0 Å². The van der Waals surface area contributed by atoms with E-state index in [1.165, 1.54) is 0 Å². The van der Waals surface area contributed by atoms with Gasteiger partial charge in [-0.05, 0) is 17.7 Å². The summed E-state index contributed by atoms with van der Waals surface area (Å²) in [5, 5.41) is 0. The van der Waals surface area contributed by atoms with Crippen molar-refractivity contribution in [2.24, 2.45) is 5.84 Å². The van der Waals surface area contributed by atoms with Crippen molar-refractivity contribution in [2.45, 2.75) is 6.54 Å². The van der Waals surface area contributed by atoms with Crippen LogP contribution in [0.4, 0.5) is 9.57 Å². The van der Waals surface area contributed by atoms with Crippen molar-refractivity contribution < 1.29 is 3.89 Å². The summed E-state index contributed by atoms with van der Waals surface area (Å²) < 4.78 is 14.2. The van der Waals surface area contributed by atoms with Crippen LogP contribution in [-0.4, -0.2) is 0 Å². The molecule has 1 aromatic carbocycles. The Hall–Kier alpha value is -0.780. The van der Waals surface area contributed by atoms with Crippen LogP contribution in [0.5, 0.6) is 0 Å². The van der Waals surface area contributed by atoms with E-state index in [0.717, 1.165) is 11.3 Å². The summed E-state index contributed by atoms with van der Waals surface area (Å²) in [4.78, 5) is 0. The van der Waals surface area contributed by atoms with Crippen LogP contribution in [0.2, 0.25) is 0 Å². The Morgan fingerprint density at radius 1 is 1.33 bits per heavy atom. The van der Waals surface area contributed by atoms with Gasteiger partial charge in [-0.2, -0.15) is 0 Å². The maximum Gasteiger partial charge on any atom is 0.162 e. The first-order valence-corrected chi connectivity index (χ1v) is 4.14. The molecule has 0 aliphatic rings. The van der Waals surface area contributed by atoms with Crippen molar-refractivity contribution in [2.75, 3.05) is 4.72 Å². The lowest BCUT2D eigenvalue weighted by atomic mass is 10.2. The van der Waals surface area contributed by atoms with Gasteiger partial charge in [-0.3, -0.25) is 11.3 Å². The zero-order valence-electron chi connectivity index (χ0n) is 6.38. The molecule has 0 atom stereocenters. The van der Waals surface area contributed by atoms with E-state index in [9.17, 15) is 3.89 Å². The summed E-state index contributed by atoms with van der Waals surface area (Å²) in [6.45, 7) is 0.614. The topological polar surface area (TPSA) is 50.1 Å². The van der Waals surface area contributed by atoms with Gasteiger partial charge in [0.2, 0.25) is 0 Å². The number of hydrogen-bond acceptors (Lipinski definition) is 4. The second kappa shape index (κ2) is 4.97. The van der Waals surface area contributed by atoms with Crippen LogP contribution in [-0.2, 0) is 6.54 Å². The molecular weight excluding hydrogens is 177 g/mol. The van der Waals surface area contributed by atoms with Gasteiger partial charge in [-0.1, -0.05) is 12.1 Å². The number of hydrogen-bond donors (Lipinski definition) is 3. The number of anilines is 1. The minimum absolute atomic E-state index is 0.0836. The fraction of sp³-hybridized carbons (Fsp3) is 0.143. The molecule has 0 heterocycles. The van der Waals surface area contributed by atoms with Crippen LogP contribution >= 0.6 is 12.3 Å². The summed E-state index contributed by atoms with van der Waals surface area (Å²) in [6.07, 6.45) is 0. The summed E-state index contributed by atoms with van der Waals surface area (Å²) >= 11 is 0.0836. The molecule has 0 aliphatic heterocycles. The Labute approximate surface area is 74.9 Å². The van der Waals surface area contributed by atoms with E-state index >= 15 is 0 Å². The van der Waals surface area contributed by atoms with Crippen molar-refractivity contribution in [3.05, 3.63) is 29.8 Å². The van der Waals surface area contributed by atoms with Gasteiger partial charge in [0, 0.05) is 12.2 Å². The van der Waals surface area contributed by atoms with E-state index in [0.29, 0.717) is 6.54 Å². The second-order valence-electron chi connectivity index (χ2n) is 2.26. The van der Waals surface area contributed by atoms with Crippen LogP contribution < -0.4 is 16.0 Å². The third-order valence-corrected chi connectivity index (χ3v) is 1.73. The lowest BCUT2D eigenvalue weighted by molar-refractivity contribution is 0.741. The molecule has 0 fully saturated rings. The number of nitrogens with two attached hydrogens (primary N) is 1. The third kappa shape index (κ3) is 2.69. The molecule has 0 spiro atoms. The number of halogens is 1. The van der Waals surface area contributed by atoms with E-state index in [1.54, 1.807) is 12.1 Å². The number of rotatable bonds is 4. The van der Waals surface area contributed by atoms with E-state index < -0.39 is 0 Å². The Kier molecular flexibility index (Phi) is 3.86. The number of nitrogens with one attached hydrogen (secondary N) is 2. The first-order chi connectivity index (χ1) is 5.86. The highest BCUT2D eigenvalue weighted by atomic mass is 32.2. The molecule has 0 aliphatic carbocycles. The highest BCUT2D eigenvalue weighted by Gasteiger charge is 1.92. The molecule has 0 aromatic heterocycles. The van der Waals surface area contributed by atoms with Crippen molar-refractivity contribution >= 4 is 18.0 Å². The number of benzene rings is 1. The van der Waals surface area contributed by atoms with E-state index in [4.69, 9.17) is 5.84 Å². The number of hydrazine groups is 1. The predicted molar refractivity (Wildman–Crippen MR) is 49.8 cm³/mol. The second-order valence-corrected chi connectivity index (χ2v) is 2.62. The molecule has 0 amide bonds. The molecule has 5 heteroatoms. The van der Waals surface area contributed by atoms with Crippen LogP contribution in [0.1, 0.15) is 5.56 Å². The van der Waals surface area contributed by atoms with Gasteiger partial charge in [0.15, 0.2) is 12.3 Å². The quantitative estimate of drug-likeness (QED) is 0.380. The van der Waals surface area contributed by atoms with Crippen LogP contribution in [0.15, 0.2) is 24.3 Å². The van der Waals surface area contributed by atoms with Gasteiger partial charge in [0.25, 0.3) is 0 Å². The fourth-order valence-corrected chi connectivity index (χ4v) is 1.08. The lowest BCUT2D eigenvalue weighted by Crippen LogP contribution is -2.20. The highest BCUT2D eigenvalue weighted by molar-refractivity contribution is 7.95. The highest BCUT2D eigenvalue weighted by Crippen LogP contribution is 2.13. The zero-order valence-corrected chi connectivity index (χ0v) is 7.20. The Morgan fingerprint density at radius 3 is 2.50 bits per heavy atom. The van der Waals surface area contributed by atoms with Gasteiger partial charge >= 0.3 is 0 Å². The summed E-state index contributed by atoms with van der Waals surface area (Å²) in [5.41, 5.74) is 4.34. The maximum absolute atomic E-state index is 11.7. The zero-order chi connectivity index (χ0) is 8.81. The Morgan fingerprint density at radius 2 is 2.00 bits per heavy atom. The molecule has 12 heavy (non-hydrogen) atoms. The van der Waals surface area contributed by atoms with Crippen molar-refractivity contribution in [1.82, 2.24) is 5.43 Å². The van der Waals surface area contributed by atoms with Gasteiger partial charge in [-0.25, -0.2) is 0 Å². The smallest absolute Gasteiger partial charge is 0.162 e. The van der Waals surface area contributed by atoms with Gasteiger partial charge < -0.3 is 4.72 Å². The first-order valence-electron chi connectivity index (χ1n) is 3.43. The first kappa shape index (κ1) is 9.31. The third-order valence-electron chi connectivity index (χ3n) is 1.42. The van der Waals surface area contributed by atoms with Crippen molar-refractivity contribution in [1.29, 1.82) is 0 Å². The largest absolute Gasteiger partial charge is 0.302 e. The molecule has 1 rings (SSSR count). The lowest BCUT2D eigenvalue weighted by Gasteiger charge is -2.01. The monoisotopic (exact) mass is 187 g/mol. The molecular formula is C7H10FN3S. The maximum atomic E-state index is 11.7. The van der Waals surface area contributed by atoms with Gasteiger partial charge in [0.1, 0.15) is 0 Å². The SMILES string of the molecule is NNCc1ccc(NSF)cc1. The summed E-state index contributed by atoms with van der Waals surface area (Å²) in [6, 6.07) is 7.33. The minimum Gasteiger partial charge on any atom is -0.302 e. The molecule has 0 saturated heterocycles. The molecule has 0 radical (unpaired) electrons. The van der Waals surface area contributed by atoms with Gasteiger partial charge in [0.05, 0.1) is 0 Å². The molecule has 0 saturated carbocycles. The average Bonchev–Trinajstić information content (AvgIpc) is 2.09. The molecule has 0 unspecified atom stereocenters. The summed E-state index contributed by atoms with van der Waals surface area (Å²) in [5.74, 6) is 5.13. The van der Waals surface area contributed by atoms with Crippen LogP contribution in [0, 0.1) is 0 Å². The summed E-state index contributed by atoms with van der Waals surface area (Å²) in [7, 11) is 0. The molecule has 0 bridgehead atoms. The molecule has 1 aromatic rings. The molecule has 4 N–H and O–H groups in total. The van der Waals surface area contributed by atoms with Crippen LogP contribution in [0.3, 0.4) is 0 Å². The minimum atomic E-state index is 0.0836.